The molecule has 10 nitrogen and oxygen atoms in total. The fourth-order valence-electron chi connectivity index (χ4n) is 7.52. The molecule has 3 N–H and O–H groups in total. The number of aliphatic hydroxyl groups is 2. The van der Waals surface area contributed by atoms with Gasteiger partial charge in [-0.05, 0) is 38.5 Å². The van der Waals surface area contributed by atoms with Crippen molar-refractivity contribution in [2.45, 2.75) is 270 Å². The number of phosphoric ester groups is 1. The summed E-state index contributed by atoms with van der Waals surface area (Å²) >= 11 is 0. The van der Waals surface area contributed by atoms with Crippen LogP contribution in [0.25, 0.3) is 0 Å². The highest BCUT2D eigenvalue weighted by Gasteiger charge is 2.27. The largest absolute Gasteiger partial charge is 0.472 e. The van der Waals surface area contributed by atoms with Crippen molar-refractivity contribution in [2.75, 3.05) is 26.4 Å². The summed E-state index contributed by atoms with van der Waals surface area (Å²) in [5.41, 5.74) is 0. The zero-order valence-electron chi connectivity index (χ0n) is 39.7. The summed E-state index contributed by atoms with van der Waals surface area (Å²) in [5, 5.41) is 19.2. The minimum atomic E-state index is -4.64. The Hall–Kier alpha value is -1.29. The Balaban J connectivity index is 3.80. The molecule has 0 saturated heterocycles. The van der Waals surface area contributed by atoms with Gasteiger partial charge in [-0.2, -0.15) is 0 Å². The van der Waals surface area contributed by atoms with Crippen LogP contribution in [0.15, 0.2) is 12.2 Å². The first-order chi connectivity index (χ1) is 29.8. The van der Waals surface area contributed by atoms with Gasteiger partial charge >= 0.3 is 19.8 Å². The quantitative estimate of drug-likeness (QED) is 0.0233. The van der Waals surface area contributed by atoms with Crippen molar-refractivity contribution in [2.24, 2.45) is 0 Å². The van der Waals surface area contributed by atoms with E-state index in [1.807, 2.05) is 0 Å². The number of allylic oxidation sites excluding steroid dienone is 2. The Kier molecular flexibility index (Phi) is 45.7. The number of aliphatic hydroxyl groups excluding tert-OH is 2. The van der Waals surface area contributed by atoms with E-state index in [4.69, 9.17) is 18.5 Å². The van der Waals surface area contributed by atoms with Crippen LogP contribution >= 0.6 is 7.82 Å². The van der Waals surface area contributed by atoms with E-state index in [0.29, 0.717) is 12.8 Å². The first kappa shape index (κ1) is 59.7. The highest BCUT2D eigenvalue weighted by molar-refractivity contribution is 7.47. The first-order valence-electron chi connectivity index (χ1n) is 25.6. The number of rotatable bonds is 49. The summed E-state index contributed by atoms with van der Waals surface area (Å²) in [7, 11) is -4.64. The van der Waals surface area contributed by atoms with E-state index in [1.165, 1.54) is 173 Å². The molecule has 0 saturated carbocycles. The maximum atomic E-state index is 12.4. The molecule has 0 aliphatic carbocycles. The number of carbonyl (C=O) groups is 2. The van der Waals surface area contributed by atoms with Gasteiger partial charge in [0.1, 0.15) is 12.2 Å². The molecule has 0 heterocycles. The van der Waals surface area contributed by atoms with Gasteiger partial charge in [0.15, 0.2) is 0 Å². The standard InChI is InChI=1S/C50H97O10P/c1-3-5-7-9-11-13-15-17-19-21-22-23-24-26-28-30-32-34-36-38-40-42-50(54)60-48(44-52)46-58-61(55,56)57-45-47(43-51)59-49(53)41-39-37-35-33-31-29-27-25-20-18-16-14-12-10-8-6-4-2/h18,20,47-48,51-52H,3-17,19,21-46H2,1-2H3,(H,55,56)/b20-18-. The van der Waals surface area contributed by atoms with Gasteiger partial charge in [-0.15, -0.1) is 0 Å². The monoisotopic (exact) mass is 889 g/mol. The molecular weight excluding hydrogens is 792 g/mol. The lowest BCUT2D eigenvalue weighted by Crippen LogP contribution is -2.28. The summed E-state index contributed by atoms with van der Waals surface area (Å²) < 4.78 is 32.7. The molecule has 0 aromatic carbocycles. The summed E-state index contributed by atoms with van der Waals surface area (Å²) in [5.74, 6) is -1.01. The Bertz CT molecular complexity index is 1020. The second kappa shape index (κ2) is 46.7. The first-order valence-corrected chi connectivity index (χ1v) is 27.1. The molecule has 11 heteroatoms. The molecule has 0 aromatic rings. The van der Waals surface area contributed by atoms with Crippen LogP contribution in [0.5, 0.6) is 0 Å². The van der Waals surface area contributed by atoms with Gasteiger partial charge in [-0.1, -0.05) is 219 Å². The van der Waals surface area contributed by atoms with Crippen LogP contribution in [0.3, 0.4) is 0 Å². The molecule has 0 aliphatic rings. The minimum Gasteiger partial charge on any atom is -0.457 e. The molecule has 0 aliphatic heterocycles. The van der Waals surface area contributed by atoms with E-state index in [2.05, 4.69) is 26.0 Å². The summed E-state index contributed by atoms with van der Waals surface area (Å²) in [6.07, 6.45) is 47.6. The second-order valence-electron chi connectivity index (χ2n) is 17.5. The summed E-state index contributed by atoms with van der Waals surface area (Å²) in [6.45, 7) is 2.26. The zero-order chi connectivity index (χ0) is 44.8. The van der Waals surface area contributed by atoms with E-state index in [1.54, 1.807) is 0 Å². The summed E-state index contributed by atoms with van der Waals surface area (Å²) in [4.78, 5) is 34.7. The van der Waals surface area contributed by atoms with Gasteiger partial charge in [0, 0.05) is 12.8 Å². The Morgan fingerprint density at radius 1 is 0.426 bits per heavy atom. The normalized spacial score (nSPS) is 13.7. The van der Waals surface area contributed by atoms with Crippen molar-refractivity contribution >= 4 is 19.8 Å². The number of ether oxygens (including phenoxy) is 2. The topological polar surface area (TPSA) is 149 Å². The van der Waals surface area contributed by atoms with Crippen molar-refractivity contribution in [3.05, 3.63) is 12.2 Å². The Morgan fingerprint density at radius 2 is 0.672 bits per heavy atom. The van der Waals surface area contributed by atoms with E-state index in [0.717, 1.165) is 44.9 Å². The van der Waals surface area contributed by atoms with Crippen molar-refractivity contribution in [1.29, 1.82) is 0 Å². The maximum Gasteiger partial charge on any atom is 0.472 e. The molecule has 0 amide bonds. The fourth-order valence-corrected chi connectivity index (χ4v) is 8.31. The van der Waals surface area contributed by atoms with Gasteiger partial charge in [0.05, 0.1) is 26.4 Å². The van der Waals surface area contributed by atoms with E-state index in [9.17, 15) is 29.3 Å². The third-order valence-electron chi connectivity index (χ3n) is 11.5. The lowest BCUT2D eigenvalue weighted by atomic mass is 10.0. The molecule has 362 valence electrons. The van der Waals surface area contributed by atoms with Crippen molar-refractivity contribution < 1.29 is 47.8 Å². The molecule has 0 aromatic heterocycles. The van der Waals surface area contributed by atoms with Gasteiger partial charge in [0.25, 0.3) is 0 Å². The molecule has 0 radical (unpaired) electrons. The van der Waals surface area contributed by atoms with Crippen LogP contribution < -0.4 is 0 Å². The number of unbranched alkanes of at least 4 members (excludes halogenated alkanes) is 33. The highest BCUT2D eigenvalue weighted by Crippen LogP contribution is 2.43. The molecular formula is C50H97O10P. The van der Waals surface area contributed by atoms with Gasteiger partial charge in [0.2, 0.25) is 0 Å². The smallest absolute Gasteiger partial charge is 0.457 e. The van der Waals surface area contributed by atoms with Crippen molar-refractivity contribution in [3.8, 4) is 0 Å². The van der Waals surface area contributed by atoms with Crippen LogP contribution in [0, 0.1) is 0 Å². The van der Waals surface area contributed by atoms with Gasteiger partial charge < -0.3 is 24.6 Å². The second-order valence-corrected chi connectivity index (χ2v) is 19.0. The molecule has 61 heavy (non-hydrogen) atoms. The molecule has 0 rings (SSSR count). The van der Waals surface area contributed by atoms with Gasteiger partial charge in [-0.25, -0.2) is 4.57 Å². The number of hydrogen-bond acceptors (Lipinski definition) is 9. The number of phosphoric acid groups is 1. The Labute approximate surface area is 375 Å². The third kappa shape index (κ3) is 45.1. The van der Waals surface area contributed by atoms with Crippen LogP contribution in [0.2, 0.25) is 0 Å². The number of esters is 2. The lowest BCUT2D eigenvalue weighted by molar-refractivity contribution is -0.153. The van der Waals surface area contributed by atoms with Crippen molar-refractivity contribution in [1.82, 2.24) is 0 Å². The van der Waals surface area contributed by atoms with E-state index < -0.39 is 58.4 Å². The predicted octanol–water partition coefficient (Wildman–Crippen LogP) is 14.3. The number of hydrogen-bond donors (Lipinski definition) is 3. The van der Waals surface area contributed by atoms with E-state index >= 15 is 0 Å². The zero-order valence-corrected chi connectivity index (χ0v) is 40.5. The van der Waals surface area contributed by atoms with Gasteiger partial charge in [-0.3, -0.25) is 18.6 Å². The fraction of sp³-hybridized carbons (Fsp3) is 0.920. The maximum absolute atomic E-state index is 12.4. The highest BCUT2D eigenvalue weighted by atomic mass is 31.2. The summed E-state index contributed by atoms with van der Waals surface area (Å²) in [6, 6.07) is 0. The SMILES string of the molecule is CCCCCCCC/C=C\CCCCCCCCCC(=O)OC(CO)COP(=O)(O)OCC(CO)OC(=O)CCCCCCCCCCCCCCCCCCCCCCC. The molecule has 0 bridgehead atoms. The average molecular weight is 889 g/mol. The van der Waals surface area contributed by atoms with Crippen molar-refractivity contribution in [3.63, 3.8) is 0 Å². The van der Waals surface area contributed by atoms with E-state index in [-0.39, 0.29) is 12.8 Å². The molecule has 3 atom stereocenters. The van der Waals surface area contributed by atoms with Crippen LogP contribution in [0.4, 0.5) is 0 Å². The predicted molar refractivity (Wildman–Crippen MR) is 252 cm³/mol. The third-order valence-corrected chi connectivity index (χ3v) is 12.4. The molecule has 3 unspecified atom stereocenters. The molecule has 0 spiro atoms. The molecule has 0 fully saturated rings. The number of carbonyl (C=O) groups excluding carboxylic acids is 2. The van der Waals surface area contributed by atoms with Crippen LogP contribution in [-0.2, 0) is 32.7 Å². The average Bonchev–Trinajstić information content (AvgIpc) is 3.25. The van der Waals surface area contributed by atoms with Crippen LogP contribution in [0.1, 0.15) is 258 Å². The lowest BCUT2D eigenvalue weighted by Gasteiger charge is -2.20. The Morgan fingerprint density at radius 3 is 0.934 bits per heavy atom. The van der Waals surface area contributed by atoms with Crippen LogP contribution in [-0.4, -0.2) is 65.7 Å². The minimum absolute atomic E-state index is 0.191.